The molecule has 0 bridgehead atoms. The van der Waals surface area contributed by atoms with Crippen LogP contribution in [0.25, 0.3) is 65.1 Å². The molecule has 5 heteroatoms. The number of rotatable bonds is 2. The van der Waals surface area contributed by atoms with Crippen molar-refractivity contribution in [3.63, 3.8) is 0 Å². The average Bonchev–Trinajstić information content (AvgIpc) is 3.92. The summed E-state index contributed by atoms with van der Waals surface area (Å²) < 4.78 is 7.91. The van der Waals surface area contributed by atoms with Gasteiger partial charge in [-0.3, -0.25) is 0 Å². The van der Waals surface area contributed by atoms with E-state index in [1.165, 1.54) is 127 Å². The van der Waals surface area contributed by atoms with Crippen LogP contribution in [0.15, 0.2) is 140 Å². The van der Waals surface area contributed by atoms with E-state index in [-0.39, 0.29) is 23.0 Å². The molecule has 5 heterocycles. The second-order valence-electron chi connectivity index (χ2n) is 20.4. The molecule has 7 aromatic carbocycles. The van der Waals surface area contributed by atoms with Gasteiger partial charge in [-0.1, -0.05) is 127 Å². The molecule has 0 amide bonds. The van der Waals surface area contributed by atoms with Crippen LogP contribution in [0.3, 0.4) is 0 Å². The molecule has 0 radical (unpaired) electrons. The maximum absolute atomic E-state index is 2.66. The molecule has 0 saturated carbocycles. The molecular weight excluding hydrogens is 758 g/mol. The van der Waals surface area contributed by atoms with Crippen molar-refractivity contribution in [2.24, 2.45) is 0 Å². The number of thiophene rings is 1. The lowest BCUT2D eigenvalue weighted by Gasteiger charge is -2.43. The van der Waals surface area contributed by atoms with E-state index in [4.69, 9.17) is 0 Å². The first kappa shape index (κ1) is 35.7. The average molecular weight is 806 g/mol. The predicted molar refractivity (Wildman–Crippen MR) is 264 cm³/mol. The van der Waals surface area contributed by atoms with Gasteiger partial charge in [0.15, 0.2) is 0 Å². The van der Waals surface area contributed by atoms with Crippen LogP contribution in [0, 0.1) is 0 Å². The highest BCUT2D eigenvalue weighted by Gasteiger charge is 2.45. The molecule has 3 nitrogen and oxygen atoms in total. The zero-order valence-electron chi connectivity index (χ0n) is 36.0. The SMILES string of the molecule is CC(C)(C)c1ccc2sc3c(c2c1)N(c1ccc2c(c1)C(C)(C)CCC2(C)C)c1cccc2c1B3c1cccc3c4c(ccc5c6ccccc6n(-c6ccccc6)c54)n-2c13. The molecule has 2 aliphatic heterocycles. The first-order valence-corrected chi connectivity index (χ1v) is 22.9. The summed E-state index contributed by atoms with van der Waals surface area (Å²) in [6, 6.07) is 53.6. The van der Waals surface area contributed by atoms with Crippen LogP contribution in [0.4, 0.5) is 17.1 Å². The minimum atomic E-state index is 0.0277. The Labute approximate surface area is 361 Å². The fourth-order valence-corrected chi connectivity index (χ4v) is 13.0. The van der Waals surface area contributed by atoms with E-state index in [0.717, 1.165) is 0 Å². The Balaban J connectivity index is 1.17. The van der Waals surface area contributed by atoms with Gasteiger partial charge in [0.2, 0.25) is 0 Å². The van der Waals surface area contributed by atoms with Gasteiger partial charge in [0.1, 0.15) is 0 Å². The monoisotopic (exact) mass is 805 g/mol. The summed E-state index contributed by atoms with van der Waals surface area (Å²) in [5, 5.41) is 6.55. The maximum Gasteiger partial charge on any atom is 0.264 e. The quantitative estimate of drug-likeness (QED) is 0.159. The Kier molecular flexibility index (Phi) is 6.94. The van der Waals surface area contributed by atoms with E-state index in [0.29, 0.717) is 0 Å². The molecular formula is C56H48BN3S. The highest BCUT2D eigenvalue weighted by molar-refractivity contribution is 7.33. The van der Waals surface area contributed by atoms with E-state index in [1.54, 1.807) is 0 Å². The van der Waals surface area contributed by atoms with Crippen LogP contribution >= 0.6 is 11.3 Å². The zero-order chi connectivity index (χ0) is 41.3. The molecule has 1 aliphatic carbocycles. The van der Waals surface area contributed by atoms with Gasteiger partial charge in [0.25, 0.3) is 6.71 Å². The number of hydrogen-bond acceptors (Lipinski definition) is 2. The van der Waals surface area contributed by atoms with Crippen LogP contribution in [-0.4, -0.2) is 15.8 Å². The zero-order valence-corrected chi connectivity index (χ0v) is 36.8. The molecule has 0 N–H and O–H groups in total. The minimum absolute atomic E-state index is 0.0277. The number of aromatic nitrogens is 2. The van der Waals surface area contributed by atoms with Crippen molar-refractivity contribution in [3.05, 3.63) is 156 Å². The molecule has 296 valence electrons. The Bertz CT molecular complexity index is 3540. The summed E-state index contributed by atoms with van der Waals surface area (Å²) in [5.74, 6) is 0. The van der Waals surface area contributed by atoms with Crippen molar-refractivity contribution in [1.29, 1.82) is 0 Å². The van der Waals surface area contributed by atoms with E-state index in [2.05, 4.69) is 202 Å². The molecule has 3 aromatic heterocycles. The lowest BCUT2D eigenvalue weighted by atomic mass is 9.36. The maximum atomic E-state index is 2.66. The fourth-order valence-electron chi connectivity index (χ4n) is 11.7. The van der Waals surface area contributed by atoms with Crippen LogP contribution in [0.2, 0.25) is 0 Å². The summed E-state index contributed by atoms with van der Waals surface area (Å²) in [5.41, 5.74) is 18.9. The molecule has 0 saturated heterocycles. The molecule has 0 fully saturated rings. The summed E-state index contributed by atoms with van der Waals surface area (Å²) in [6.45, 7) is 16.9. The highest BCUT2D eigenvalue weighted by atomic mass is 32.1. The minimum Gasteiger partial charge on any atom is -0.310 e. The summed E-state index contributed by atoms with van der Waals surface area (Å²) in [4.78, 5) is 2.66. The van der Waals surface area contributed by atoms with Gasteiger partial charge in [-0.15, -0.1) is 11.3 Å². The molecule has 61 heavy (non-hydrogen) atoms. The second kappa shape index (κ2) is 11.9. The van der Waals surface area contributed by atoms with E-state index >= 15 is 0 Å². The normalized spacial score (nSPS) is 16.2. The van der Waals surface area contributed by atoms with Gasteiger partial charge in [-0.05, 0) is 117 Å². The summed E-state index contributed by atoms with van der Waals surface area (Å²) >= 11 is 2.00. The molecule has 13 rings (SSSR count). The van der Waals surface area contributed by atoms with Gasteiger partial charge in [0, 0.05) is 64.7 Å². The van der Waals surface area contributed by atoms with Crippen molar-refractivity contribution >= 4 is 105 Å². The third-order valence-electron chi connectivity index (χ3n) is 14.9. The number of nitrogens with zero attached hydrogens (tertiary/aromatic N) is 3. The van der Waals surface area contributed by atoms with Crippen molar-refractivity contribution in [1.82, 2.24) is 9.13 Å². The first-order chi connectivity index (χ1) is 29.4. The van der Waals surface area contributed by atoms with Gasteiger partial charge in [0.05, 0.1) is 22.2 Å². The largest absolute Gasteiger partial charge is 0.310 e. The highest BCUT2D eigenvalue weighted by Crippen LogP contribution is 2.51. The number of benzene rings is 7. The van der Waals surface area contributed by atoms with Crippen molar-refractivity contribution < 1.29 is 0 Å². The summed E-state index contributed by atoms with van der Waals surface area (Å²) in [6.07, 6.45) is 2.39. The summed E-state index contributed by atoms with van der Waals surface area (Å²) in [7, 11) is 0. The van der Waals surface area contributed by atoms with Gasteiger partial charge in [-0.2, -0.15) is 0 Å². The van der Waals surface area contributed by atoms with Crippen molar-refractivity contribution in [2.75, 3.05) is 4.90 Å². The van der Waals surface area contributed by atoms with Crippen LogP contribution in [0.1, 0.15) is 78.0 Å². The van der Waals surface area contributed by atoms with E-state index < -0.39 is 0 Å². The Morgan fingerprint density at radius 3 is 2.11 bits per heavy atom. The molecule has 10 aromatic rings. The van der Waals surface area contributed by atoms with E-state index in [1.807, 2.05) is 11.3 Å². The van der Waals surface area contributed by atoms with Crippen LogP contribution in [0.5, 0.6) is 0 Å². The number of hydrogen-bond donors (Lipinski definition) is 0. The number of anilines is 3. The van der Waals surface area contributed by atoms with Gasteiger partial charge in [-0.25, -0.2) is 0 Å². The lowest BCUT2D eigenvalue weighted by molar-refractivity contribution is 0.332. The Morgan fingerprint density at radius 2 is 1.30 bits per heavy atom. The molecule has 0 unspecified atom stereocenters. The third-order valence-corrected chi connectivity index (χ3v) is 16.1. The second-order valence-corrected chi connectivity index (χ2v) is 21.5. The number of fused-ring (bicyclic) bond motifs is 14. The van der Waals surface area contributed by atoms with Crippen molar-refractivity contribution in [3.8, 4) is 11.4 Å². The van der Waals surface area contributed by atoms with E-state index in [9.17, 15) is 0 Å². The third kappa shape index (κ3) is 4.65. The van der Waals surface area contributed by atoms with Gasteiger partial charge >= 0.3 is 0 Å². The molecule has 0 atom stereocenters. The lowest BCUT2D eigenvalue weighted by Crippen LogP contribution is -2.59. The molecule has 0 spiro atoms. The Hall–Kier alpha value is -6.04. The topological polar surface area (TPSA) is 13.1 Å². The molecule has 3 aliphatic rings. The first-order valence-electron chi connectivity index (χ1n) is 22.1. The van der Waals surface area contributed by atoms with Gasteiger partial charge < -0.3 is 14.0 Å². The van der Waals surface area contributed by atoms with Crippen molar-refractivity contribution in [2.45, 2.75) is 77.6 Å². The predicted octanol–water partition coefficient (Wildman–Crippen LogP) is 13.4. The standard InChI is InChI=1S/C56H48BN3S/c1-54(2,3)33-23-28-47-39(31-33)52-53(61-47)57-42-19-13-18-38-48-44(27-25-37-36-17-11-12-20-43(36)58(51(37)48)34-15-9-8-10-16-34)60(50(38)42)46-22-14-21-45(49(46)57)59(52)35-24-26-40-41(32-35)56(6,7)30-29-55(40,4)5/h8-28,31-32H,29-30H2,1-7H3. The van der Waals surface area contributed by atoms with Crippen LogP contribution < -0.4 is 20.6 Å². The fraction of sp³-hybridized carbons (Fsp3) is 0.214. The smallest absolute Gasteiger partial charge is 0.264 e. The van der Waals surface area contributed by atoms with Crippen LogP contribution in [-0.2, 0) is 16.2 Å². The Morgan fingerprint density at radius 1 is 0.557 bits per heavy atom. The number of para-hydroxylation sites is 3.